The standard InChI is InChI=1S/C15H19N3/c1-18-14(7-8-16)10-15(17-18)13-6-5-11-3-2-4-12(11)9-13/h5-6,9-10H,2-4,7-8,16H2,1H3. The molecule has 2 aromatic rings. The molecule has 0 bridgehead atoms. The van der Waals surface area contributed by atoms with Crippen molar-refractivity contribution < 1.29 is 0 Å². The van der Waals surface area contributed by atoms with Gasteiger partial charge in [-0.2, -0.15) is 5.10 Å². The first-order chi connectivity index (χ1) is 8.78. The van der Waals surface area contributed by atoms with Crippen molar-refractivity contribution in [3.63, 3.8) is 0 Å². The average molecular weight is 241 g/mol. The second kappa shape index (κ2) is 4.58. The number of benzene rings is 1. The van der Waals surface area contributed by atoms with Crippen LogP contribution < -0.4 is 5.73 Å². The third-order valence-electron chi connectivity index (χ3n) is 3.77. The summed E-state index contributed by atoms with van der Waals surface area (Å²) < 4.78 is 1.94. The summed E-state index contributed by atoms with van der Waals surface area (Å²) >= 11 is 0. The van der Waals surface area contributed by atoms with Gasteiger partial charge < -0.3 is 5.73 Å². The van der Waals surface area contributed by atoms with Gasteiger partial charge in [0.1, 0.15) is 0 Å². The van der Waals surface area contributed by atoms with Gasteiger partial charge in [0.05, 0.1) is 5.69 Å². The largest absolute Gasteiger partial charge is 0.330 e. The van der Waals surface area contributed by atoms with E-state index in [1.54, 1.807) is 0 Å². The molecular formula is C15H19N3. The first kappa shape index (κ1) is 11.5. The molecule has 0 saturated carbocycles. The minimum Gasteiger partial charge on any atom is -0.330 e. The van der Waals surface area contributed by atoms with Gasteiger partial charge in [-0.1, -0.05) is 12.1 Å². The highest BCUT2D eigenvalue weighted by atomic mass is 15.3. The number of rotatable bonds is 3. The second-order valence-corrected chi connectivity index (χ2v) is 5.02. The molecule has 18 heavy (non-hydrogen) atoms. The lowest BCUT2D eigenvalue weighted by Crippen LogP contribution is -2.06. The molecule has 2 N–H and O–H groups in total. The SMILES string of the molecule is Cn1nc(-c2ccc3c(c2)CCC3)cc1CCN. The van der Waals surface area contributed by atoms with Gasteiger partial charge in [0.15, 0.2) is 0 Å². The molecule has 1 aromatic heterocycles. The van der Waals surface area contributed by atoms with Crippen molar-refractivity contribution in [2.75, 3.05) is 6.54 Å². The third-order valence-corrected chi connectivity index (χ3v) is 3.77. The number of nitrogens with zero attached hydrogens (tertiary/aromatic N) is 2. The lowest BCUT2D eigenvalue weighted by molar-refractivity contribution is 0.708. The number of hydrogen-bond donors (Lipinski definition) is 1. The summed E-state index contributed by atoms with van der Waals surface area (Å²) in [5.41, 5.74) is 12.1. The van der Waals surface area contributed by atoms with Crippen LogP contribution in [0.1, 0.15) is 23.2 Å². The predicted octanol–water partition coefficient (Wildman–Crippen LogP) is 2.08. The van der Waals surface area contributed by atoms with Gasteiger partial charge in [-0.15, -0.1) is 0 Å². The minimum absolute atomic E-state index is 0.670. The van der Waals surface area contributed by atoms with Crippen LogP contribution >= 0.6 is 0 Å². The van der Waals surface area contributed by atoms with Crippen LogP contribution in [0.15, 0.2) is 24.3 Å². The zero-order valence-electron chi connectivity index (χ0n) is 10.8. The van der Waals surface area contributed by atoms with Gasteiger partial charge in [-0.3, -0.25) is 4.68 Å². The molecule has 3 rings (SSSR count). The molecule has 0 amide bonds. The Bertz CT molecular complexity index is 569. The Labute approximate surface area is 108 Å². The van der Waals surface area contributed by atoms with E-state index >= 15 is 0 Å². The van der Waals surface area contributed by atoms with E-state index in [4.69, 9.17) is 5.73 Å². The lowest BCUT2D eigenvalue weighted by Gasteiger charge is -2.01. The maximum atomic E-state index is 5.61. The smallest absolute Gasteiger partial charge is 0.0926 e. The topological polar surface area (TPSA) is 43.8 Å². The third kappa shape index (κ3) is 1.95. The highest BCUT2D eigenvalue weighted by Crippen LogP contribution is 2.27. The van der Waals surface area contributed by atoms with E-state index in [0.717, 1.165) is 12.1 Å². The van der Waals surface area contributed by atoms with Gasteiger partial charge >= 0.3 is 0 Å². The van der Waals surface area contributed by atoms with Crippen LogP contribution in [0.3, 0.4) is 0 Å². The highest BCUT2D eigenvalue weighted by Gasteiger charge is 2.13. The summed E-state index contributed by atoms with van der Waals surface area (Å²) in [4.78, 5) is 0. The summed E-state index contributed by atoms with van der Waals surface area (Å²) in [6.45, 7) is 0.670. The lowest BCUT2D eigenvalue weighted by atomic mass is 10.0. The normalized spacial score (nSPS) is 13.9. The van der Waals surface area contributed by atoms with Crippen molar-refractivity contribution in [2.45, 2.75) is 25.7 Å². The van der Waals surface area contributed by atoms with Crippen LogP contribution in [0.2, 0.25) is 0 Å². The number of aryl methyl sites for hydroxylation is 3. The van der Waals surface area contributed by atoms with E-state index in [-0.39, 0.29) is 0 Å². The van der Waals surface area contributed by atoms with Crippen molar-refractivity contribution in [3.8, 4) is 11.3 Å². The predicted molar refractivity (Wildman–Crippen MR) is 73.4 cm³/mol. The Hall–Kier alpha value is -1.61. The molecule has 94 valence electrons. The maximum absolute atomic E-state index is 5.61. The Kier molecular flexibility index (Phi) is 2.92. The van der Waals surface area contributed by atoms with Gasteiger partial charge in [0.25, 0.3) is 0 Å². The zero-order chi connectivity index (χ0) is 12.5. The molecule has 3 nitrogen and oxygen atoms in total. The summed E-state index contributed by atoms with van der Waals surface area (Å²) in [7, 11) is 1.99. The van der Waals surface area contributed by atoms with E-state index < -0.39 is 0 Å². The molecule has 0 atom stereocenters. The first-order valence-corrected chi connectivity index (χ1v) is 6.63. The van der Waals surface area contributed by atoms with E-state index in [9.17, 15) is 0 Å². The molecule has 0 unspecified atom stereocenters. The molecule has 0 aliphatic heterocycles. The van der Waals surface area contributed by atoms with Gasteiger partial charge in [0.2, 0.25) is 0 Å². The molecule has 1 aromatic carbocycles. The Balaban J connectivity index is 1.97. The van der Waals surface area contributed by atoms with Crippen LogP contribution in [0, 0.1) is 0 Å². The van der Waals surface area contributed by atoms with E-state index in [1.807, 2.05) is 11.7 Å². The summed E-state index contributed by atoms with van der Waals surface area (Å²) in [6, 6.07) is 8.91. The number of fused-ring (bicyclic) bond motifs is 1. The average Bonchev–Trinajstić information content (AvgIpc) is 2.96. The van der Waals surface area contributed by atoms with Crippen molar-refractivity contribution in [1.29, 1.82) is 0 Å². The Morgan fingerprint density at radius 1 is 1.22 bits per heavy atom. The van der Waals surface area contributed by atoms with Crippen molar-refractivity contribution in [1.82, 2.24) is 9.78 Å². The van der Waals surface area contributed by atoms with Crippen LogP contribution in [-0.4, -0.2) is 16.3 Å². The maximum Gasteiger partial charge on any atom is 0.0926 e. The quantitative estimate of drug-likeness (QED) is 0.894. The van der Waals surface area contributed by atoms with Crippen molar-refractivity contribution in [3.05, 3.63) is 41.1 Å². The Morgan fingerprint density at radius 2 is 2.06 bits per heavy atom. The highest BCUT2D eigenvalue weighted by molar-refractivity contribution is 5.62. The zero-order valence-corrected chi connectivity index (χ0v) is 10.8. The second-order valence-electron chi connectivity index (χ2n) is 5.02. The van der Waals surface area contributed by atoms with Crippen LogP contribution in [0.4, 0.5) is 0 Å². The molecule has 0 spiro atoms. The van der Waals surface area contributed by atoms with E-state index in [0.29, 0.717) is 6.54 Å². The fourth-order valence-electron chi connectivity index (χ4n) is 2.76. The number of nitrogens with two attached hydrogens (primary N) is 1. The van der Waals surface area contributed by atoms with E-state index in [2.05, 4.69) is 29.4 Å². The fraction of sp³-hybridized carbons (Fsp3) is 0.400. The summed E-state index contributed by atoms with van der Waals surface area (Å²) in [5, 5.41) is 4.59. The minimum atomic E-state index is 0.670. The van der Waals surface area contributed by atoms with Crippen LogP contribution in [0.25, 0.3) is 11.3 Å². The van der Waals surface area contributed by atoms with Crippen LogP contribution in [0.5, 0.6) is 0 Å². The van der Waals surface area contributed by atoms with E-state index in [1.165, 1.54) is 41.6 Å². The molecule has 0 radical (unpaired) electrons. The Morgan fingerprint density at radius 3 is 2.89 bits per heavy atom. The van der Waals surface area contributed by atoms with Crippen LogP contribution in [-0.2, 0) is 26.3 Å². The van der Waals surface area contributed by atoms with Crippen molar-refractivity contribution in [2.24, 2.45) is 12.8 Å². The molecule has 1 aliphatic carbocycles. The number of hydrogen-bond acceptors (Lipinski definition) is 2. The fourth-order valence-corrected chi connectivity index (χ4v) is 2.76. The molecular weight excluding hydrogens is 222 g/mol. The van der Waals surface area contributed by atoms with Gasteiger partial charge in [-0.05, 0) is 49.1 Å². The molecule has 1 aliphatic rings. The summed E-state index contributed by atoms with van der Waals surface area (Å²) in [5.74, 6) is 0. The van der Waals surface area contributed by atoms with Gasteiger partial charge in [-0.25, -0.2) is 0 Å². The summed E-state index contributed by atoms with van der Waals surface area (Å²) in [6.07, 6.45) is 4.62. The first-order valence-electron chi connectivity index (χ1n) is 6.63. The number of aromatic nitrogens is 2. The molecule has 0 fully saturated rings. The monoisotopic (exact) mass is 241 g/mol. The molecule has 3 heteroatoms. The van der Waals surface area contributed by atoms with Crippen molar-refractivity contribution >= 4 is 0 Å². The molecule has 1 heterocycles. The molecule has 0 saturated heterocycles. The van der Waals surface area contributed by atoms with Gasteiger partial charge in [0, 0.05) is 24.7 Å².